The van der Waals surface area contributed by atoms with Crippen molar-refractivity contribution >= 4 is 32.9 Å². The highest BCUT2D eigenvalue weighted by atomic mass is 32.2. The first-order chi connectivity index (χ1) is 17.1. The normalized spacial score (nSPS) is 15.4. The Morgan fingerprint density at radius 3 is 2.77 bits per heavy atom. The molecule has 2 aromatic carbocycles. The van der Waals surface area contributed by atoms with E-state index in [1.807, 2.05) is 30.5 Å². The first kappa shape index (κ1) is 23.5. The van der Waals surface area contributed by atoms with E-state index in [1.54, 1.807) is 19.5 Å². The standard InChI is InChI=1S/C25H28N4O5S/c1-31-23-13-19-22(14-24(23)33-9-3-6-29-7-10-32-11-8-29)27-16-28-25(19)20-15-26-21-5-4-17(12-18(20)21)34-35(2)30/h4-5,12-16,26H,3,6-11H2,1-2H3. The van der Waals surface area contributed by atoms with Gasteiger partial charge in [-0.2, -0.15) is 0 Å². The fraction of sp³-hybridized carbons (Fsp3) is 0.360. The second-order valence-electron chi connectivity index (χ2n) is 8.29. The minimum Gasteiger partial charge on any atom is -0.493 e. The predicted octanol–water partition coefficient (Wildman–Crippen LogP) is 3.56. The molecule has 5 rings (SSSR count). The third-order valence-corrected chi connectivity index (χ3v) is 6.45. The van der Waals surface area contributed by atoms with Crippen LogP contribution in [-0.2, 0) is 15.8 Å². The zero-order chi connectivity index (χ0) is 24.2. The molecule has 1 aliphatic rings. The van der Waals surface area contributed by atoms with Gasteiger partial charge in [0.1, 0.15) is 12.1 Å². The Morgan fingerprint density at radius 1 is 1.11 bits per heavy atom. The number of fused-ring (bicyclic) bond motifs is 2. The molecule has 0 amide bonds. The summed E-state index contributed by atoms with van der Waals surface area (Å²) >= 11 is -1.41. The number of ether oxygens (including phenoxy) is 3. The lowest BCUT2D eigenvalue weighted by molar-refractivity contribution is 0.0357. The molecule has 0 saturated carbocycles. The van der Waals surface area contributed by atoms with Gasteiger partial charge in [0.05, 0.1) is 38.1 Å². The van der Waals surface area contributed by atoms with E-state index in [1.165, 1.54) is 6.26 Å². The summed E-state index contributed by atoms with van der Waals surface area (Å²) in [6.45, 7) is 5.09. The summed E-state index contributed by atoms with van der Waals surface area (Å²) in [4.78, 5) is 14.7. The molecule has 4 aromatic rings. The lowest BCUT2D eigenvalue weighted by Crippen LogP contribution is -2.37. The number of nitrogens with zero attached hydrogens (tertiary/aromatic N) is 3. The van der Waals surface area contributed by atoms with Crippen molar-refractivity contribution in [3.63, 3.8) is 0 Å². The quantitative estimate of drug-likeness (QED) is 0.351. The second kappa shape index (κ2) is 10.6. The smallest absolute Gasteiger partial charge is 0.203 e. The van der Waals surface area contributed by atoms with Crippen molar-refractivity contribution < 1.29 is 22.6 Å². The number of methoxy groups -OCH3 is 1. The maximum atomic E-state index is 11.5. The van der Waals surface area contributed by atoms with Gasteiger partial charge in [-0.25, -0.2) is 14.2 Å². The molecule has 0 spiro atoms. The molecule has 1 atom stereocenters. The molecule has 2 aromatic heterocycles. The first-order valence-electron chi connectivity index (χ1n) is 11.5. The minimum absolute atomic E-state index is 0.530. The lowest BCUT2D eigenvalue weighted by Gasteiger charge is -2.26. The largest absolute Gasteiger partial charge is 0.493 e. The van der Waals surface area contributed by atoms with Crippen molar-refractivity contribution in [3.05, 3.63) is 42.9 Å². The molecule has 10 heteroatoms. The van der Waals surface area contributed by atoms with Gasteiger partial charge in [-0.15, -0.1) is 0 Å². The van der Waals surface area contributed by atoms with Crippen molar-refractivity contribution in [2.24, 2.45) is 0 Å². The number of aromatic amines is 1. The zero-order valence-corrected chi connectivity index (χ0v) is 20.6. The van der Waals surface area contributed by atoms with Gasteiger partial charge < -0.3 is 23.4 Å². The Morgan fingerprint density at radius 2 is 1.97 bits per heavy atom. The molecular weight excluding hydrogens is 468 g/mol. The third-order valence-electron chi connectivity index (χ3n) is 6.02. The Kier molecular flexibility index (Phi) is 7.12. The summed E-state index contributed by atoms with van der Waals surface area (Å²) in [5.41, 5.74) is 3.33. The average Bonchev–Trinajstić information content (AvgIpc) is 3.29. The molecule has 3 heterocycles. The molecule has 0 radical (unpaired) electrons. The van der Waals surface area contributed by atoms with Crippen LogP contribution >= 0.6 is 0 Å². The Balaban J connectivity index is 1.42. The van der Waals surface area contributed by atoms with E-state index in [0.29, 0.717) is 23.9 Å². The second-order valence-corrected chi connectivity index (χ2v) is 9.26. The molecule has 1 aliphatic heterocycles. The number of morpholine rings is 1. The van der Waals surface area contributed by atoms with Crippen LogP contribution in [0.15, 0.2) is 42.9 Å². The highest BCUT2D eigenvalue weighted by Crippen LogP contribution is 2.38. The van der Waals surface area contributed by atoms with Gasteiger partial charge in [-0.1, -0.05) is 0 Å². The van der Waals surface area contributed by atoms with Crippen molar-refractivity contribution in [1.82, 2.24) is 19.9 Å². The zero-order valence-electron chi connectivity index (χ0n) is 19.8. The molecule has 184 valence electrons. The van der Waals surface area contributed by atoms with Gasteiger partial charge in [0.15, 0.2) is 11.5 Å². The third kappa shape index (κ3) is 5.24. The van der Waals surface area contributed by atoms with E-state index in [9.17, 15) is 4.21 Å². The van der Waals surface area contributed by atoms with Crippen LogP contribution in [0.25, 0.3) is 33.1 Å². The number of aromatic nitrogens is 3. The maximum Gasteiger partial charge on any atom is 0.203 e. The van der Waals surface area contributed by atoms with Crippen molar-refractivity contribution in [3.8, 4) is 28.5 Å². The Bertz CT molecular complexity index is 1350. The molecule has 9 nitrogen and oxygen atoms in total. The Hall–Kier alpha value is -3.21. The van der Waals surface area contributed by atoms with E-state index >= 15 is 0 Å². The summed E-state index contributed by atoms with van der Waals surface area (Å²) in [6, 6.07) is 9.36. The van der Waals surface area contributed by atoms with Crippen molar-refractivity contribution in [2.45, 2.75) is 6.42 Å². The topological polar surface area (TPSA) is 98.8 Å². The number of hydrogen-bond donors (Lipinski definition) is 1. The van der Waals surface area contributed by atoms with Crippen molar-refractivity contribution in [1.29, 1.82) is 0 Å². The van der Waals surface area contributed by atoms with Gasteiger partial charge in [0.2, 0.25) is 11.1 Å². The highest BCUT2D eigenvalue weighted by Gasteiger charge is 2.16. The van der Waals surface area contributed by atoms with Crippen LogP contribution in [0.1, 0.15) is 6.42 Å². The van der Waals surface area contributed by atoms with Crippen LogP contribution in [0.4, 0.5) is 0 Å². The molecule has 0 aliphatic carbocycles. The molecule has 35 heavy (non-hydrogen) atoms. The predicted molar refractivity (Wildman–Crippen MR) is 135 cm³/mol. The summed E-state index contributed by atoms with van der Waals surface area (Å²) in [5.74, 6) is 1.82. The van der Waals surface area contributed by atoms with Crippen LogP contribution < -0.4 is 13.7 Å². The number of rotatable bonds is 9. The number of H-pyrrole nitrogens is 1. The first-order valence-corrected chi connectivity index (χ1v) is 13.0. The summed E-state index contributed by atoms with van der Waals surface area (Å²) in [5, 5.41) is 1.76. The summed E-state index contributed by atoms with van der Waals surface area (Å²) < 4.78 is 34.1. The lowest BCUT2D eigenvalue weighted by atomic mass is 10.0. The SMILES string of the molecule is COc1cc2c(-c3c[nH]c4ccc(OS(C)=O)cc34)ncnc2cc1OCCCN1CCOCC1. The molecular formula is C25H28N4O5S. The fourth-order valence-electron chi connectivity index (χ4n) is 4.33. The summed E-state index contributed by atoms with van der Waals surface area (Å²) in [7, 11) is 1.63. The molecule has 1 unspecified atom stereocenters. The van der Waals surface area contributed by atoms with E-state index < -0.39 is 11.1 Å². The van der Waals surface area contributed by atoms with Crippen LogP contribution in [0, 0.1) is 0 Å². The minimum atomic E-state index is -1.41. The van der Waals surface area contributed by atoms with E-state index in [0.717, 1.165) is 72.3 Å². The van der Waals surface area contributed by atoms with Crippen LogP contribution in [0.3, 0.4) is 0 Å². The molecule has 0 bridgehead atoms. The fourth-order valence-corrected chi connectivity index (χ4v) is 4.70. The van der Waals surface area contributed by atoms with Gasteiger partial charge in [0, 0.05) is 60.0 Å². The van der Waals surface area contributed by atoms with Crippen LogP contribution in [-0.4, -0.2) is 76.9 Å². The van der Waals surface area contributed by atoms with Gasteiger partial charge in [-0.3, -0.25) is 4.90 Å². The molecule has 1 fully saturated rings. The van der Waals surface area contributed by atoms with Gasteiger partial charge in [-0.05, 0) is 30.7 Å². The number of nitrogens with one attached hydrogen (secondary N) is 1. The van der Waals surface area contributed by atoms with Crippen molar-refractivity contribution in [2.75, 3.05) is 52.8 Å². The van der Waals surface area contributed by atoms with Crippen LogP contribution in [0.5, 0.6) is 17.2 Å². The maximum absolute atomic E-state index is 11.5. The monoisotopic (exact) mass is 496 g/mol. The highest BCUT2D eigenvalue weighted by molar-refractivity contribution is 7.79. The van der Waals surface area contributed by atoms with E-state index in [4.69, 9.17) is 18.4 Å². The number of hydrogen-bond acceptors (Lipinski definition) is 8. The van der Waals surface area contributed by atoms with Gasteiger partial charge >= 0.3 is 0 Å². The van der Waals surface area contributed by atoms with E-state index in [2.05, 4.69) is 19.9 Å². The molecule has 1 saturated heterocycles. The number of benzene rings is 2. The average molecular weight is 497 g/mol. The van der Waals surface area contributed by atoms with Gasteiger partial charge in [0.25, 0.3) is 0 Å². The molecule has 1 N–H and O–H groups in total. The van der Waals surface area contributed by atoms with E-state index in [-0.39, 0.29) is 0 Å². The van der Waals surface area contributed by atoms with Crippen LogP contribution in [0.2, 0.25) is 0 Å². The Labute approximate surface area is 206 Å². The summed E-state index contributed by atoms with van der Waals surface area (Å²) in [6.07, 6.45) is 5.86.